The Morgan fingerprint density at radius 3 is 0.782 bits per heavy atom. The quantitative estimate of drug-likeness (QED) is 0.0912. The Bertz CT molecular complexity index is 4620. The highest BCUT2D eigenvalue weighted by Crippen LogP contribution is 2.36. The Morgan fingerprint density at radius 2 is 0.515 bits per heavy atom. The predicted molar refractivity (Wildman–Crippen MR) is 434 cm³/mol. The van der Waals surface area contributed by atoms with Crippen LogP contribution in [0.2, 0.25) is 0 Å². The number of aromatic nitrogens is 5. The molecule has 536 valence electrons. The van der Waals surface area contributed by atoms with E-state index >= 15 is 0 Å². The van der Waals surface area contributed by atoms with E-state index in [-0.39, 0.29) is 27.1 Å². The molecule has 101 heavy (non-hydrogen) atoms. The van der Waals surface area contributed by atoms with Crippen molar-refractivity contribution in [2.75, 3.05) is 0 Å². The summed E-state index contributed by atoms with van der Waals surface area (Å²) in [6.45, 7) is 49.2. The van der Waals surface area contributed by atoms with Crippen molar-refractivity contribution in [2.45, 2.75) is 239 Å². The molecule has 5 nitrogen and oxygen atoms in total. The van der Waals surface area contributed by atoms with Crippen molar-refractivity contribution in [3.8, 4) is 56.3 Å². The maximum Gasteiger partial charge on any atom is 0.212 e. The Morgan fingerprint density at radius 1 is 0.257 bits per heavy atom. The molecule has 0 aliphatic rings. The normalized spacial score (nSPS) is 12.8. The van der Waals surface area contributed by atoms with Crippen LogP contribution in [0, 0.1) is 76.0 Å². The van der Waals surface area contributed by atoms with Gasteiger partial charge in [-0.3, -0.25) is 0 Å². The largest absolute Gasteiger partial charge is 0.212 e. The van der Waals surface area contributed by atoms with Crippen molar-refractivity contribution in [2.24, 2.45) is 35.2 Å². The Labute approximate surface area is 624 Å². The predicted octanol–water partition coefficient (Wildman–Crippen LogP) is 22.7. The number of benzene rings is 5. The van der Waals surface area contributed by atoms with Crippen LogP contribution >= 0.6 is 0 Å². The molecule has 5 heteroatoms. The van der Waals surface area contributed by atoms with Crippen LogP contribution in [-0.2, 0) is 62.3 Å². The van der Waals surface area contributed by atoms with Gasteiger partial charge in [-0.05, 0) is 222 Å². The fourth-order valence-corrected chi connectivity index (χ4v) is 13.5. The zero-order valence-electron chi connectivity index (χ0n) is 74.0. The lowest BCUT2D eigenvalue weighted by molar-refractivity contribution is -0.661. The maximum atomic E-state index is 7.57. The summed E-state index contributed by atoms with van der Waals surface area (Å²) in [6, 6.07) is 50.4. The smallest absolute Gasteiger partial charge is 0.201 e. The van der Waals surface area contributed by atoms with E-state index in [9.17, 15) is 0 Å². The number of hydrogen-bond acceptors (Lipinski definition) is 0. The molecule has 0 aliphatic carbocycles. The summed E-state index contributed by atoms with van der Waals surface area (Å²) in [7, 11) is 10.5. The molecule has 5 aromatic heterocycles. The first-order valence-electron chi connectivity index (χ1n) is 40.1. The van der Waals surface area contributed by atoms with E-state index in [1.807, 2.05) is 33.0 Å². The lowest BCUT2D eigenvalue weighted by Gasteiger charge is -2.24. The van der Waals surface area contributed by atoms with Gasteiger partial charge < -0.3 is 0 Å². The second kappa shape index (κ2) is 34.2. The van der Waals surface area contributed by atoms with Crippen LogP contribution in [0.1, 0.15) is 233 Å². The number of rotatable bonds is 15. The minimum absolute atomic E-state index is 0.139. The molecule has 10 rings (SSSR count). The van der Waals surface area contributed by atoms with Crippen LogP contribution < -0.4 is 22.8 Å². The van der Waals surface area contributed by atoms with Crippen LogP contribution in [0.3, 0.4) is 0 Å². The molecule has 0 fully saturated rings. The molecular weight excluding hydrogens is 1220 g/mol. The molecule has 0 unspecified atom stereocenters. The highest BCUT2D eigenvalue weighted by Gasteiger charge is 2.30. The number of pyridine rings is 5. The number of aryl methyl sites for hydroxylation is 16. The molecule has 0 saturated carbocycles. The average Bonchev–Trinajstić information content (AvgIpc) is 0.804. The molecule has 5 aromatic carbocycles. The third-order valence-electron chi connectivity index (χ3n) is 22.4. The standard InChI is InChI=1S/C20H28N.4C19H26N/c1-8-20(5,6)18-13-21(7)19(12-16(18)4)17-10-9-14(2)11-15(17)3;2*1-7-19(4,5)16-9-11-18(20(6)13-16)17-10-8-14(2)12-15(17)3;2*1-7-19(4,5)17-13-20(6)18(12-15(17)3)16-11-9-8-10-14(16)2/h9-13H,8H2,1-7H3;4*8-13H,7H2,1-6H3/q5*+1/i2*2D3;;;. The first kappa shape index (κ1) is 72.6. The Kier molecular flexibility index (Phi) is 24.6. The molecule has 0 saturated heterocycles. The highest BCUT2D eigenvalue weighted by atomic mass is 14.9. The summed E-state index contributed by atoms with van der Waals surface area (Å²) in [5, 5.41) is 0. The minimum atomic E-state index is -2.06. The van der Waals surface area contributed by atoms with Gasteiger partial charge in [0.25, 0.3) is 0 Å². The van der Waals surface area contributed by atoms with Gasteiger partial charge >= 0.3 is 0 Å². The van der Waals surface area contributed by atoms with Crippen LogP contribution in [-0.4, -0.2) is 0 Å². The van der Waals surface area contributed by atoms with Crippen molar-refractivity contribution in [3.05, 3.63) is 266 Å². The van der Waals surface area contributed by atoms with Gasteiger partial charge in [-0.1, -0.05) is 193 Å². The minimum Gasteiger partial charge on any atom is -0.201 e. The van der Waals surface area contributed by atoms with Crippen molar-refractivity contribution < 1.29 is 31.1 Å². The Balaban J connectivity index is 0.000000210. The van der Waals surface area contributed by atoms with Crippen molar-refractivity contribution in [3.63, 3.8) is 0 Å². The molecular formula is C96H132N5+5. The van der Waals surface area contributed by atoms with Crippen LogP contribution in [0.25, 0.3) is 56.3 Å². The van der Waals surface area contributed by atoms with Crippen molar-refractivity contribution in [1.29, 1.82) is 0 Å². The second-order valence-corrected chi connectivity index (χ2v) is 32.1. The van der Waals surface area contributed by atoms with Gasteiger partial charge in [-0.2, -0.15) is 0 Å². The van der Waals surface area contributed by atoms with Gasteiger partial charge in [0.2, 0.25) is 28.5 Å². The summed E-state index contributed by atoms with van der Waals surface area (Å²) < 4.78 is 56.4. The topological polar surface area (TPSA) is 19.4 Å². The van der Waals surface area contributed by atoms with Gasteiger partial charge in [0.15, 0.2) is 31.0 Å². The van der Waals surface area contributed by atoms with E-state index in [4.69, 9.17) is 8.22 Å². The van der Waals surface area contributed by atoms with E-state index in [1.165, 1.54) is 101 Å². The van der Waals surface area contributed by atoms with Crippen LogP contribution in [0.4, 0.5) is 0 Å². The van der Waals surface area contributed by atoms with E-state index in [0.717, 1.165) is 65.7 Å². The first-order chi connectivity index (χ1) is 49.6. The average molecular weight is 1360 g/mol. The van der Waals surface area contributed by atoms with E-state index in [2.05, 4.69) is 344 Å². The van der Waals surface area contributed by atoms with Crippen LogP contribution in [0.5, 0.6) is 0 Å². The number of nitrogens with zero attached hydrogens (tertiary/aromatic N) is 5. The summed E-state index contributed by atoms with van der Waals surface area (Å²) in [6.07, 6.45) is 16.9. The molecule has 0 spiro atoms. The zero-order valence-corrected chi connectivity index (χ0v) is 68.0. The van der Waals surface area contributed by atoms with Gasteiger partial charge in [-0.15, -0.1) is 0 Å². The molecule has 0 aliphatic heterocycles. The molecule has 0 radical (unpaired) electrons. The van der Waals surface area contributed by atoms with Crippen molar-refractivity contribution >= 4 is 0 Å². The monoisotopic (exact) mass is 1360 g/mol. The summed E-state index contributed by atoms with van der Waals surface area (Å²) in [4.78, 5) is 0. The summed E-state index contributed by atoms with van der Waals surface area (Å²) >= 11 is 0. The molecule has 5 heterocycles. The second-order valence-electron chi connectivity index (χ2n) is 32.1. The van der Waals surface area contributed by atoms with Crippen molar-refractivity contribution in [1.82, 2.24) is 0 Å². The maximum absolute atomic E-state index is 7.57. The molecule has 0 atom stereocenters. The van der Waals surface area contributed by atoms with Gasteiger partial charge in [-0.25, -0.2) is 22.8 Å². The van der Waals surface area contributed by atoms with Crippen LogP contribution in [0.15, 0.2) is 177 Å². The molecule has 0 N–H and O–H groups in total. The van der Waals surface area contributed by atoms with Gasteiger partial charge in [0, 0.05) is 94.2 Å². The summed E-state index contributed by atoms with van der Waals surface area (Å²) in [5.74, 6) is 0. The zero-order chi connectivity index (χ0) is 80.4. The van der Waals surface area contributed by atoms with E-state index < -0.39 is 13.7 Å². The third kappa shape index (κ3) is 20.1. The molecule has 10 aromatic rings. The number of hydrogen-bond donors (Lipinski definition) is 0. The fourth-order valence-electron chi connectivity index (χ4n) is 13.5. The fraction of sp³-hybridized carbons (Fsp3) is 0.427. The third-order valence-corrected chi connectivity index (χ3v) is 22.4. The lowest BCUT2D eigenvalue weighted by atomic mass is 9.80. The van der Waals surface area contributed by atoms with E-state index in [1.54, 1.807) is 24.3 Å². The SMILES string of the molecule is CCC(C)(C)c1c[n+](C)c(-c2ccccc2C)cc1C.CCC(C)(C)c1c[n+](C)c(-c2ccccc2C)cc1C.CCC(C)(C)c1ccc(-c2ccc(C)cc2C)[n+](C)c1.[2H]C([2H])([2H])c1ccc(-c2cc(C)c(C(C)(C)CC)c[n+]2C)c(C)c1.[2H]C([2H])([2H])c1ccc(-c2ccc(C(C)(C)CC)c[n+]2C)c(C)c1. The molecule has 0 amide bonds. The summed E-state index contributed by atoms with van der Waals surface area (Å²) in [5.41, 5.74) is 32.2. The van der Waals surface area contributed by atoms with Gasteiger partial charge in [0.1, 0.15) is 35.2 Å². The van der Waals surface area contributed by atoms with E-state index in [0.29, 0.717) is 11.1 Å². The Hall–Kier alpha value is -8.15. The molecule has 0 bridgehead atoms. The highest BCUT2D eigenvalue weighted by molar-refractivity contribution is 5.66. The lowest BCUT2D eigenvalue weighted by Crippen LogP contribution is -2.34. The first-order valence-corrected chi connectivity index (χ1v) is 37.1. The van der Waals surface area contributed by atoms with Gasteiger partial charge in [0.05, 0.1) is 0 Å².